The van der Waals surface area contributed by atoms with Crippen molar-refractivity contribution in [2.24, 2.45) is 5.73 Å². The highest BCUT2D eigenvalue weighted by Crippen LogP contribution is 2.37. The van der Waals surface area contributed by atoms with Crippen LogP contribution in [0.5, 0.6) is 0 Å². The first kappa shape index (κ1) is 10.6. The van der Waals surface area contributed by atoms with Crippen molar-refractivity contribution >= 4 is 11.1 Å². The predicted molar refractivity (Wildman–Crippen MR) is 62.8 cm³/mol. The maximum Gasteiger partial charge on any atom is 0.420 e. The number of hydrogen-bond acceptors (Lipinski definition) is 4. The second-order valence-corrected chi connectivity index (χ2v) is 4.45. The van der Waals surface area contributed by atoms with E-state index < -0.39 is 6.04 Å². The third-order valence-electron chi connectivity index (χ3n) is 3.18. The number of benzene rings is 1. The number of aromatic nitrogens is 1. The predicted octanol–water partition coefficient (Wildman–Crippen LogP) is 0.921. The molecule has 0 spiro atoms. The Morgan fingerprint density at radius 3 is 2.94 bits per heavy atom. The van der Waals surface area contributed by atoms with Gasteiger partial charge in [-0.05, 0) is 18.9 Å². The second kappa shape index (κ2) is 3.72. The Balaban J connectivity index is 2.26. The molecule has 1 unspecified atom stereocenters. The molecule has 17 heavy (non-hydrogen) atoms. The molecule has 1 fully saturated rings. The summed E-state index contributed by atoms with van der Waals surface area (Å²) in [4.78, 5) is 11.8. The topological polar surface area (TPSA) is 81.4 Å². The number of aliphatic hydroxyl groups excluding tert-OH is 1. The van der Waals surface area contributed by atoms with E-state index >= 15 is 0 Å². The molecule has 90 valence electrons. The van der Waals surface area contributed by atoms with Crippen molar-refractivity contribution in [1.82, 2.24) is 4.57 Å². The summed E-state index contributed by atoms with van der Waals surface area (Å²) in [6.45, 7) is -0.169. The first-order valence-corrected chi connectivity index (χ1v) is 5.72. The number of para-hydroxylation sites is 1. The molecule has 3 N–H and O–H groups in total. The maximum absolute atomic E-state index is 11.8. The molecule has 1 aromatic carbocycles. The first-order valence-electron chi connectivity index (χ1n) is 5.72. The number of nitrogens with two attached hydrogens (primary N) is 1. The van der Waals surface area contributed by atoms with Crippen molar-refractivity contribution in [3.63, 3.8) is 0 Å². The quantitative estimate of drug-likeness (QED) is 0.827. The average molecular weight is 234 g/mol. The molecule has 5 nitrogen and oxygen atoms in total. The number of hydrogen-bond donors (Lipinski definition) is 2. The lowest BCUT2D eigenvalue weighted by Gasteiger charge is -2.08. The van der Waals surface area contributed by atoms with Gasteiger partial charge in [0, 0.05) is 11.6 Å². The van der Waals surface area contributed by atoms with Crippen LogP contribution in [-0.4, -0.2) is 16.3 Å². The highest BCUT2D eigenvalue weighted by molar-refractivity contribution is 5.77. The molecule has 0 aliphatic heterocycles. The van der Waals surface area contributed by atoms with Gasteiger partial charge in [0.1, 0.15) is 0 Å². The normalized spacial score (nSPS) is 17.5. The summed E-state index contributed by atoms with van der Waals surface area (Å²) in [6, 6.07) is 5.22. The highest BCUT2D eigenvalue weighted by atomic mass is 16.4. The van der Waals surface area contributed by atoms with E-state index in [0.29, 0.717) is 11.1 Å². The molecule has 0 radical (unpaired) electrons. The van der Waals surface area contributed by atoms with E-state index in [1.165, 1.54) is 0 Å². The zero-order valence-electron chi connectivity index (χ0n) is 9.30. The van der Waals surface area contributed by atoms with Crippen LogP contribution in [0.15, 0.2) is 27.4 Å². The van der Waals surface area contributed by atoms with E-state index in [9.17, 15) is 4.79 Å². The zero-order chi connectivity index (χ0) is 12.0. The Hall–Kier alpha value is -1.59. The molecule has 0 amide bonds. The molecule has 0 saturated heterocycles. The minimum atomic E-state index is -0.517. The zero-order valence-corrected chi connectivity index (χ0v) is 9.30. The molecule has 1 saturated carbocycles. The van der Waals surface area contributed by atoms with Crippen LogP contribution in [-0.2, 0) is 0 Å². The van der Waals surface area contributed by atoms with Gasteiger partial charge < -0.3 is 15.3 Å². The summed E-state index contributed by atoms with van der Waals surface area (Å²) in [6.07, 6.45) is 2.04. The molecule has 5 heteroatoms. The molecule has 1 aliphatic rings. The first-order chi connectivity index (χ1) is 8.22. The largest absolute Gasteiger partial charge is 0.420 e. The molecule has 0 bridgehead atoms. The van der Waals surface area contributed by atoms with Gasteiger partial charge in [0.25, 0.3) is 0 Å². The van der Waals surface area contributed by atoms with Crippen molar-refractivity contribution in [3.8, 4) is 0 Å². The number of oxazole rings is 1. The van der Waals surface area contributed by atoms with Crippen LogP contribution in [0.3, 0.4) is 0 Å². The summed E-state index contributed by atoms with van der Waals surface area (Å²) in [5.41, 5.74) is 7.75. The van der Waals surface area contributed by atoms with Crippen LogP contribution >= 0.6 is 0 Å². The van der Waals surface area contributed by atoms with Crippen LogP contribution in [0.2, 0.25) is 0 Å². The Kier molecular flexibility index (Phi) is 2.31. The molecule has 3 rings (SSSR count). The van der Waals surface area contributed by atoms with Gasteiger partial charge in [0.2, 0.25) is 0 Å². The fraction of sp³-hybridized carbons (Fsp3) is 0.417. The summed E-state index contributed by atoms with van der Waals surface area (Å²) < 4.78 is 6.95. The van der Waals surface area contributed by atoms with Crippen LogP contribution < -0.4 is 11.5 Å². The summed E-state index contributed by atoms with van der Waals surface area (Å²) in [5, 5.41) is 9.09. The van der Waals surface area contributed by atoms with Gasteiger partial charge >= 0.3 is 5.76 Å². The van der Waals surface area contributed by atoms with Gasteiger partial charge in [-0.25, -0.2) is 4.79 Å². The molecule has 2 aromatic rings. The molecular formula is C12H14N2O3. The van der Waals surface area contributed by atoms with Crippen molar-refractivity contribution in [2.45, 2.75) is 24.9 Å². The Bertz CT molecular complexity index is 610. The lowest BCUT2D eigenvalue weighted by atomic mass is 10.1. The molecule has 1 heterocycles. The third kappa shape index (κ3) is 1.59. The van der Waals surface area contributed by atoms with Crippen LogP contribution in [0.25, 0.3) is 11.1 Å². The van der Waals surface area contributed by atoms with E-state index in [4.69, 9.17) is 15.3 Å². The average Bonchev–Trinajstić information content (AvgIpc) is 3.10. The lowest BCUT2D eigenvalue weighted by Crippen LogP contribution is -2.14. The minimum absolute atomic E-state index is 0.169. The van der Waals surface area contributed by atoms with E-state index in [1.54, 1.807) is 10.6 Å². The number of fused-ring (bicyclic) bond motifs is 1. The minimum Gasteiger partial charge on any atom is -0.407 e. The monoisotopic (exact) mass is 234 g/mol. The van der Waals surface area contributed by atoms with E-state index in [2.05, 4.69) is 0 Å². The standard InChI is InChI=1S/C12H14N2O3/c13-9(6-15)8-2-1-3-10-11(8)17-12(16)14(10)7-4-5-7/h1-3,7,9,15H,4-6,13H2. The summed E-state index contributed by atoms with van der Waals surface area (Å²) in [5.74, 6) is -0.333. The Morgan fingerprint density at radius 2 is 2.29 bits per heavy atom. The molecule has 1 aliphatic carbocycles. The van der Waals surface area contributed by atoms with Gasteiger partial charge in [0.05, 0.1) is 18.2 Å². The van der Waals surface area contributed by atoms with Crippen LogP contribution in [0.4, 0.5) is 0 Å². The van der Waals surface area contributed by atoms with Gasteiger partial charge in [-0.2, -0.15) is 0 Å². The summed E-state index contributed by atoms with van der Waals surface area (Å²) in [7, 11) is 0. The van der Waals surface area contributed by atoms with Crippen LogP contribution in [0, 0.1) is 0 Å². The van der Waals surface area contributed by atoms with E-state index in [0.717, 1.165) is 18.4 Å². The lowest BCUT2D eigenvalue weighted by molar-refractivity contribution is 0.268. The highest BCUT2D eigenvalue weighted by Gasteiger charge is 2.29. The van der Waals surface area contributed by atoms with Gasteiger partial charge in [-0.3, -0.25) is 4.57 Å². The van der Waals surface area contributed by atoms with Gasteiger partial charge in [0.15, 0.2) is 5.58 Å². The number of nitrogens with zero attached hydrogens (tertiary/aromatic N) is 1. The number of rotatable bonds is 3. The molecule has 1 atom stereocenters. The van der Waals surface area contributed by atoms with Crippen molar-refractivity contribution in [1.29, 1.82) is 0 Å². The van der Waals surface area contributed by atoms with Gasteiger partial charge in [-0.15, -0.1) is 0 Å². The number of aliphatic hydroxyl groups is 1. The fourth-order valence-electron chi connectivity index (χ4n) is 2.15. The van der Waals surface area contributed by atoms with E-state index in [-0.39, 0.29) is 18.4 Å². The van der Waals surface area contributed by atoms with Crippen molar-refractivity contribution in [3.05, 3.63) is 34.3 Å². The fourth-order valence-corrected chi connectivity index (χ4v) is 2.15. The van der Waals surface area contributed by atoms with Gasteiger partial charge in [-0.1, -0.05) is 12.1 Å². The Morgan fingerprint density at radius 1 is 1.53 bits per heavy atom. The Labute approximate surface area is 97.5 Å². The SMILES string of the molecule is NC(CO)c1cccc2c1oc(=O)n2C1CC1. The molecule has 1 aromatic heterocycles. The van der Waals surface area contributed by atoms with E-state index in [1.807, 2.05) is 12.1 Å². The molecular weight excluding hydrogens is 220 g/mol. The van der Waals surface area contributed by atoms with Crippen LogP contribution in [0.1, 0.15) is 30.5 Å². The smallest absolute Gasteiger partial charge is 0.407 e. The summed E-state index contributed by atoms with van der Waals surface area (Å²) >= 11 is 0. The maximum atomic E-state index is 11.8. The second-order valence-electron chi connectivity index (χ2n) is 4.45. The van der Waals surface area contributed by atoms with Crippen molar-refractivity contribution < 1.29 is 9.52 Å². The third-order valence-corrected chi connectivity index (χ3v) is 3.18. The van der Waals surface area contributed by atoms with Crippen molar-refractivity contribution in [2.75, 3.05) is 6.61 Å².